The summed E-state index contributed by atoms with van der Waals surface area (Å²) in [4.78, 5) is 0. The zero-order valence-corrected chi connectivity index (χ0v) is 41.7. The van der Waals surface area contributed by atoms with Crippen LogP contribution in [0.4, 0.5) is 26.3 Å². The molecule has 0 N–H and O–H groups in total. The molecule has 0 bridgehead atoms. The first-order valence-electron chi connectivity index (χ1n) is 23.6. The van der Waals surface area contributed by atoms with Crippen LogP contribution in [0.2, 0.25) is 0 Å². The Morgan fingerprint density at radius 3 is 1.09 bits per heavy atom. The van der Waals surface area contributed by atoms with Gasteiger partial charge in [0.1, 0.15) is 0 Å². The van der Waals surface area contributed by atoms with Crippen LogP contribution in [0.1, 0.15) is 122 Å². The maximum atomic E-state index is 14.5. The number of alkyl halides is 6. The van der Waals surface area contributed by atoms with Gasteiger partial charge >= 0.3 is 12.4 Å². The fourth-order valence-corrected chi connectivity index (χ4v) is 9.77. The Kier molecular flexibility index (Phi) is 11.1. The van der Waals surface area contributed by atoms with E-state index in [0.29, 0.717) is 22.5 Å². The summed E-state index contributed by atoms with van der Waals surface area (Å²) in [5, 5.41) is 15.2. The number of nitriles is 1. The van der Waals surface area contributed by atoms with E-state index in [1.54, 1.807) is 24.3 Å². The third-order valence-corrected chi connectivity index (χ3v) is 13.8. The van der Waals surface area contributed by atoms with Crippen LogP contribution in [-0.2, 0) is 34.0 Å². The van der Waals surface area contributed by atoms with Crippen molar-refractivity contribution in [1.29, 1.82) is 5.26 Å². The first-order valence-corrected chi connectivity index (χ1v) is 23.6. The second-order valence-corrected chi connectivity index (χ2v) is 22.9. The van der Waals surface area contributed by atoms with Gasteiger partial charge in [0.15, 0.2) is 0 Å². The van der Waals surface area contributed by atoms with Gasteiger partial charge in [0.05, 0.1) is 56.2 Å². The predicted molar refractivity (Wildman–Crippen MR) is 276 cm³/mol. The molecule has 7 aromatic carbocycles. The lowest BCUT2D eigenvalue weighted by molar-refractivity contribution is -0.143. The van der Waals surface area contributed by atoms with Gasteiger partial charge in [-0.2, -0.15) is 31.6 Å². The first-order chi connectivity index (χ1) is 32.4. The van der Waals surface area contributed by atoms with Crippen molar-refractivity contribution in [2.45, 2.75) is 117 Å². The Morgan fingerprint density at radius 2 is 0.743 bits per heavy atom. The predicted octanol–water partition coefficient (Wildman–Crippen LogP) is 18.3. The van der Waals surface area contributed by atoms with Gasteiger partial charge in [-0.1, -0.05) is 119 Å². The average molecular weight is 946 g/mol. The molecule has 0 amide bonds. The third kappa shape index (κ3) is 8.43. The van der Waals surface area contributed by atoms with Crippen molar-refractivity contribution in [3.8, 4) is 39.7 Å². The highest BCUT2D eigenvalue weighted by Crippen LogP contribution is 2.47. The molecule has 0 aliphatic carbocycles. The maximum Gasteiger partial charge on any atom is 0.416 e. The molecule has 2 aromatic heterocycles. The van der Waals surface area contributed by atoms with Crippen molar-refractivity contribution < 1.29 is 26.3 Å². The van der Waals surface area contributed by atoms with Gasteiger partial charge in [0.25, 0.3) is 0 Å². The highest BCUT2D eigenvalue weighted by molar-refractivity contribution is 6.12. The number of hydrogen-bond donors (Lipinski definition) is 0. The van der Waals surface area contributed by atoms with Crippen LogP contribution in [0.5, 0.6) is 0 Å². The summed E-state index contributed by atoms with van der Waals surface area (Å²) in [6.45, 7) is 26.0. The molecule has 358 valence electrons. The summed E-state index contributed by atoms with van der Waals surface area (Å²) in [6.07, 6.45) is -10.1. The number of hydrogen-bond acceptors (Lipinski definition) is 1. The van der Waals surface area contributed by atoms with E-state index < -0.39 is 23.5 Å². The fraction of sp³-hybridized carbons (Fsp3) is 0.295. The van der Waals surface area contributed by atoms with Crippen molar-refractivity contribution in [1.82, 2.24) is 9.13 Å². The SMILES string of the molecule is CC(C)(C)c1ccc2c(c1)c1cc(C(C)(C)C)ccc1n2-c1ccc(-c2cc(C(F)(F)F)cc(C(F)(F)F)c2)cc1-c1c(C#N)cccc1-n1c2ccc(C(C)(C)C)cc2c2cc(C(C)(C)C)ccc21. The van der Waals surface area contributed by atoms with Crippen LogP contribution in [0.15, 0.2) is 127 Å². The lowest BCUT2D eigenvalue weighted by atomic mass is 9.85. The molecule has 0 saturated heterocycles. The highest BCUT2D eigenvalue weighted by atomic mass is 19.4. The molecule has 70 heavy (non-hydrogen) atoms. The molecule has 3 nitrogen and oxygen atoms in total. The Hall–Kier alpha value is -6.79. The van der Waals surface area contributed by atoms with E-state index in [-0.39, 0.29) is 44.4 Å². The summed E-state index contributed by atoms with van der Waals surface area (Å²) < 4.78 is 91.1. The van der Waals surface area contributed by atoms with Crippen molar-refractivity contribution in [2.75, 3.05) is 0 Å². The lowest BCUT2D eigenvalue weighted by Gasteiger charge is -2.22. The Bertz CT molecular complexity index is 3440. The van der Waals surface area contributed by atoms with Crippen LogP contribution in [0.25, 0.3) is 77.2 Å². The summed E-state index contributed by atoms with van der Waals surface area (Å²) >= 11 is 0. The monoisotopic (exact) mass is 945 g/mol. The molecule has 0 fully saturated rings. The number of rotatable bonds is 4. The standard InChI is InChI=1S/C61H57F6N3/c1-56(2,3)38-17-22-49-44(30-38)45-31-39(57(4,5)6)18-23-50(45)69(49)53-21-16-35(37-26-42(60(62,63)64)29-43(27-37)61(65,66)67)28-48(53)55-36(34-68)14-13-15-54(55)70-51-24-19-40(58(7,8)9)32-46(51)47-33-41(59(10,11)12)20-25-52(47)70/h13-33H,1-12H3. The van der Waals surface area contributed by atoms with E-state index >= 15 is 0 Å². The molecule has 0 spiro atoms. The second-order valence-electron chi connectivity index (χ2n) is 22.9. The molecule has 0 unspecified atom stereocenters. The largest absolute Gasteiger partial charge is 0.416 e. The first kappa shape index (κ1) is 48.2. The fourth-order valence-electron chi connectivity index (χ4n) is 9.77. The molecule has 9 heteroatoms. The Labute approximate surface area is 406 Å². The minimum atomic E-state index is -5.06. The number of fused-ring (bicyclic) bond motifs is 6. The smallest absolute Gasteiger partial charge is 0.309 e. The van der Waals surface area contributed by atoms with Crippen molar-refractivity contribution in [2.24, 2.45) is 0 Å². The van der Waals surface area contributed by atoms with Gasteiger partial charge in [-0.25, -0.2) is 0 Å². The van der Waals surface area contributed by atoms with Crippen LogP contribution in [0, 0.1) is 11.3 Å². The minimum absolute atomic E-state index is 0.117. The van der Waals surface area contributed by atoms with Crippen molar-refractivity contribution >= 4 is 43.6 Å². The van der Waals surface area contributed by atoms with Crippen LogP contribution < -0.4 is 0 Å². The number of benzene rings is 7. The molecule has 0 aliphatic rings. The molecule has 2 heterocycles. The molecular formula is C61H57F6N3. The van der Waals surface area contributed by atoms with E-state index in [4.69, 9.17) is 0 Å². The molecule has 9 aromatic rings. The van der Waals surface area contributed by atoms with Crippen LogP contribution in [0.3, 0.4) is 0 Å². The van der Waals surface area contributed by atoms with Gasteiger partial charge in [0.2, 0.25) is 0 Å². The molecule has 0 saturated carbocycles. The van der Waals surface area contributed by atoms with Gasteiger partial charge in [-0.15, -0.1) is 0 Å². The lowest BCUT2D eigenvalue weighted by Crippen LogP contribution is -2.11. The summed E-state index contributed by atoms with van der Waals surface area (Å²) in [5.74, 6) is 0. The summed E-state index contributed by atoms with van der Waals surface area (Å²) in [6, 6.07) is 40.2. The van der Waals surface area contributed by atoms with E-state index in [2.05, 4.69) is 171 Å². The van der Waals surface area contributed by atoms with Crippen molar-refractivity contribution in [3.63, 3.8) is 0 Å². The Balaban J connectivity index is 1.46. The van der Waals surface area contributed by atoms with E-state index in [1.807, 2.05) is 12.1 Å². The summed E-state index contributed by atoms with van der Waals surface area (Å²) in [7, 11) is 0. The van der Waals surface area contributed by atoms with Crippen LogP contribution in [-0.4, -0.2) is 9.13 Å². The average Bonchev–Trinajstić information content (AvgIpc) is 3.78. The summed E-state index contributed by atoms with van der Waals surface area (Å²) in [5.41, 5.74) is 6.63. The van der Waals surface area contributed by atoms with Gasteiger partial charge in [-0.3, -0.25) is 0 Å². The quantitative estimate of drug-likeness (QED) is 0.162. The molecule has 0 atom stereocenters. The van der Waals surface area contributed by atoms with Gasteiger partial charge in [0, 0.05) is 32.7 Å². The zero-order valence-electron chi connectivity index (χ0n) is 41.7. The Morgan fingerprint density at radius 1 is 0.371 bits per heavy atom. The number of nitrogens with zero attached hydrogens (tertiary/aromatic N) is 3. The normalized spacial score (nSPS) is 13.3. The molecule has 0 aliphatic heterocycles. The number of aromatic nitrogens is 2. The molecule has 9 rings (SSSR count). The van der Waals surface area contributed by atoms with E-state index in [9.17, 15) is 31.6 Å². The van der Waals surface area contributed by atoms with E-state index in [1.165, 1.54) is 0 Å². The maximum absolute atomic E-state index is 14.5. The minimum Gasteiger partial charge on any atom is -0.309 e. The highest BCUT2D eigenvalue weighted by Gasteiger charge is 2.37. The topological polar surface area (TPSA) is 33.6 Å². The third-order valence-electron chi connectivity index (χ3n) is 13.8. The van der Waals surface area contributed by atoms with Crippen molar-refractivity contribution in [3.05, 3.63) is 166 Å². The molecule has 0 radical (unpaired) electrons. The van der Waals surface area contributed by atoms with E-state index in [0.717, 1.165) is 78.0 Å². The second kappa shape index (κ2) is 16.1. The van der Waals surface area contributed by atoms with Crippen LogP contribution >= 0.6 is 0 Å². The number of halogens is 6. The zero-order chi connectivity index (χ0) is 50.8. The van der Waals surface area contributed by atoms with Gasteiger partial charge < -0.3 is 9.13 Å². The van der Waals surface area contributed by atoms with Gasteiger partial charge in [-0.05, 0) is 146 Å². The molecular weight excluding hydrogens is 889 g/mol.